The molecule has 3 heteroatoms. The highest BCUT2D eigenvalue weighted by atomic mass is 16.5. The summed E-state index contributed by atoms with van der Waals surface area (Å²) in [5.41, 5.74) is -0.158. The third-order valence-corrected chi connectivity index (χ3v) is 3.46. The summed E-state index contributed by atoms with van der Waals surface area (Å²) in [4.78, 5) is 0. The molecule has 0 saturated heterocycles. The Balaban J connectivity index is 2.09. The Morgan fingerprint density at radius 1 is 1.47 bits per heavy atom. The fraction of sp³-hybridized carbons (Fsp3) is 1.00. The molecule has 1 aliphatic carbocycles. The van der Waals surface area contributed by atoms with Crippen LogP contribution in [0.15, 0.2) is 0 Å². The van der Waals surface area contributed by atoms with Gasteiger partial charge in [-0.05, 0) is 38.5 Å². The molecule has 0 bridgehead atoms. The first-order chi connectivity index (χ1) is 8.09. The molecule has 1 fully saturated rings. The number of aliphatic hydroxyl groups excluding tert-OH is 1. The molecule has 0 aromatic heterocycles. The van der Waals surface area contributed by atoms with E-state index in [1.165, 1.54) is 25.7 Å². The van der Waals surface area contributed by atoms with Gasteiger partial charge in [0.25, 0.3) is 0 Å². The van der Waals surface area contributed by atoms with E-state index in [0.29, 0.717) is 12.0 Å². The van der Waals surface area contributed by atoms with Gasteiger partial charge in [-0.15, -0.1) is 0 Å². The maximum Gasteiger partial charge on any atom is 0.0611 e. The quantitative estimate of drug-likeness (QED) is 0.579. The minimum atomic E-state index is -0.158. The van der Waals surface area contributed by atoms with Crippen LogP contribution < -0.4 is 5.32 Å². The molecular formula is C14H29NO2. The molecule has 3 nitrogen and oxygen atoms in total. The minimum Gasteiger partial charge on any atom is -0.394 e. The number of aliphatic hydroxyl groups is 1. The van der Waals surface area contributed by atoms with Crippen molar-refractivity contribution in [1.29, 1.82) is 0 Å². The Kier molecular flexibility index (Phi) is 6.45. The predicted octanol–water partition coefficient (Wildman–Crippen LogP) is 2.33. The van der Waals surface area contributed by atoms with E-state index in [4.69, 9.17) is 4.74 Å². The van der Waals surface area contributed by atoms with Gasteiger partial charge in [-0.25, -0.2) is 0 Å². The zero-order chi connectivity index (χ0) is 12.7. The van der Waals surface area contributed by atoms with Gasteiger partial charge in [-0.2, -0.15) is 0 Å². The highest BCUT2D eigenvalue weighted by molar-refractivity contribution is 4.92. The molecule has 1 saturated carbocycles. The van der Waals surface area contributed by atoms with Gasteiger partial charge in [-0.3, -0.25) is 0 Å². The van der Waals surface area contributed by atoms with E-state index in [2.05, 4.69) is 26.1 Å². The van der Waals surface area contributed by atoms with Crippen molar-refractivity contribution >= 4 is 0 Å². The topological polar surface area (TPSA) is 41.5 Å². The number of hydrogen-bond donors (Lipinski definition) is 2. The molecule has 0 aromatic rings. The lowest BCUT2D eigenvalue weighted by atomic mass is 9.99. The summed E-state index contributed by atoms with van der Waals surface area (Å²) in [6.45, 7) is 8.31. The lowest BCUT2D eigenvalue weighted by Gasteiger charge is -2.29. The van der Waals surface area contributed by atoms with Gasteiger partial charge in [0.2, 0.25) is 0 Å². The first kappa shape index (κ1) is 14.9. The number of hydrogen-bond acceptors (Lipinski definition) is 3. The normalized spacial score (nSPS) is 21.2. The van der Waals surface area contributed by atoms with Crippen LogP contribution in [-0.4, -0.2) is 36.5 Å². The average Bonchev–Trinajstić information content (AvgIpc) is 3.09. The molecule has 2 unspecified atom stereocenters. The maximum atomic E-state index is 9.44. The Morgan fingerprint density at radius 3 is 2.71 bits per heavy atom. The first-order valence-corrected chi connectivity index (χ1v) is 7.06. The Bertz CT molecular complexity index is 206. The van der Waals surface area contributed by atoms with Crippen LogP contribution in [0.4, 0.5) is 0 Å². The summed E-state index contributed by atoms with van der Waals surface area (Å²) in [6, 6.07) is 0.631. The van der Waals surface area contributed by atoms with E-state index in [9.17, 15) is 5.11 Å². The fourth-order valence-electron chi connectivity index (χ4n) is 2.08. The number of ether oxygens (including phenoxy) is 1. The monoisotopic (exact) mass is 243 g/mol. The van der Waals surface area contributed by atoms with Crippen LogP contribution in [0, 0.1) is 5.92 Å². The first-order valence-electron chi connectivity index (χ1n) is 7.06. The van der Waals surface area contributed by atoms with Crippen molar-refractivity contribution in [2.75, 3.05) is 19.8 Å². The lowest BCUT2D eigenvalue weighted by molar-refractivity contribution is 0.0675. The van der Waals surface area contributed by atoms with E-state index in [1.807, 2.05) is 0 Å². The van der Waals surface area contributed by atoms with Crippen LogP contribution in [0.25, 0.3) is 0 Å². The zero-order valence-corrected chi connectivity index (χ0v) is 11.7. The van der Waals surface area contributed by atoms with Crippen molar-refractivity contribution < 1.29 is 9.84 Å². The highest BCUT2D eigenvalue weighted by Crippen LogP contribution is 2.23. The van der Waals surface area contributed by atoms with E-state index in [-0.39, 0.29) is 12.1 Å². The molecule has 17 heavy (non-hydrogen) atoms. The molecule has 1 aliphatic rings. The summed E-state index contributed by atoms with van der Waals surface area (Å²) in [5, 5.41) is 12.9. The van der Waals surface area contributed by atoms with Crippen LogP contribution >= 0.6 is 0 Å². The molecule has 0 spiro atoms. The standard InChI is InChI=1S/C14H29NO2/c1-4-5-12(2)10-17-9-8-14(3,11-16)15-13-6-7-13/h12-13,15-16H,4-11H2,1-3H3. The molecule has 2 atom stereocenters. The van der Waals surface area contributed by atoms with Gasteiger partial charge < -0.3 is 15.2 Å². The van der Waals surface area contributed by atoms with Crippen molar-refractivity contribution in [2.24, 2.45) is 5.92 Å². The molecule has 2 N–H and O–H groups in total. The SMILES string of the molecule is CCCC(C)COCCC(C)(CO)NC1CC1. The van der Waals surface area contributed by atoms with E-state index in [0.717, 1.165) is 19.6 Å². The Labute approximate surface area is 106 Å². The van der Waals surface area contributed by atoms with Gasteiger partial charge in [0.1, 0.15) is 0 Å². The highest BCUT2D eigenvalue weighted by Gasteiger charge is 2.31. The molecule has 102 valence electrons. The van der Waals surface area contributed by atoms with Crippen molar-refractivity contribution in [1.82, 2.24) is 5.32 Å². The van der Waals surface area contributed by atoms with Gasteiger partial charge in [-0.1, -0.05) is 20.3 Å². The van der Waals surface area contributed by atoms with E-state index < -0.39 is 0 Å². The van der Waals surface area contributed by atoms with Crippen molar-refractivity contribution in [3.63, 3.8) is 0 Å². The molecular weight excluding hydrogens is 214 g/mol. The van der Waals surface area contributed by atoms with Crippen LogP contribution in [0.2, 0.25) is 0 Å². The molecule has 0 heterocycles. The van der Waals surface area contributed by atoms with Gasteiger partial charge in [0.15, 0.2) is 0 Å². The Morgan fingerprint density at radius 2 is 2.18 bits per heavy atom. The summed E-state index contributed by atoms with van der Waals surface area (Å²) < 4.78 is 5.70. The van der Waals surface area contributed by atoms with E-state index in [1.54, 1.807) is 0 Å². The largest absolute Gasteiger partial charge is 0.394 e. The molecule has 0 amide bonds. The van der Waals surface area contributed by atoms with Gasteiger partial charge >= 0.3 is 0 Å². The fourth-order valence-corrected chi connectivity index (χ4v) is 2.08. The molecule has 1 rings (SSSR count). The third kappa shape index (κ3) is 6.39. The summed E-state index contributed by atoms with van der Waals surface area (Å²) in [7, 11) is 0. The zero-order valence-electron chi connectivity index (χ0n) is 11.7. The molecule has 0 radical (unpaired) electrons. The third-order valence-electron chi connectivity index (χ3n) is 3.46. The van der Waals surface area contributed by atoms with Crippen LogP contribution in [-0.2, 0) is 4.74 Å². The average molecular weight is 243 g/mol. The number of rotatable bonds is 10. The van der Waals surface area contributed by atoms with E-state index >= 15 is 0 Å². The molecule has 0 aliphatic heterocycles. The van der Waals surface area contributed by atoms with Crippen LogP contribution in [0.3, 0.4) is 0 Å². The van der Waals surface area contributed by atoms with Crippen LogP contribution in [0.1, 0.15) is 52.9 Å². The predicted molar refractivity (Wildman–Crippen MR) is 71.2 cm³/mol. The second-order valence-corrected chi connectivity index (χ2v) is 5.86. The van der Waals surface area contributed by atoms with Crippen molar-refractivity contribution in [3.05, 3.63) is 0 Å². The lowest BCUT2D eigenvalue weighted by Crippen LogP contribution is -2.47. The number of nitrogens with one attached hydrogen (secondary N) is 1. The second-order valence-electron chi connectivity index (χ2n) is 5.86. The summed E-state index contributed by atoms with van der Waals surface area (Å²) in [6.07, 6.45) is 5.85. The summed E-state index contributed by atoms with van der Waals surface area (Å²) >= 11 is 0. The second kappa shape index (κ2) is 7.34. The van der Waals surface area contributed by atoms with Crippen LogP contribution in [0.5, 0.6) is 0 Å². The smallest absolute Gasteiger partial charge is 0.0611 e. The minimum absolute atomic E-state index is 0.158. The van der Waals surface area contributed by atoms with Gasteiger partial charge in [0, 0.05) is 24.8 Å². The van der Waals surface area contributed by atoms with Crippen molar-refractivity contribution in [3.8, 4) is 0 Å². The van der Waals surface area contributed by atoms with Gasteiger partial charge in [0.05, 0.1) is 6.61 Å². The van der Waals surface area contributed by atoms with Crippen molar-refractivity contribution in [2.45, 2.75) is 64.5 Å². The maximum absolute atomic E-state index is 9.44. The molecule has 0 aromatic carbocycles. The summed E-state index contributed by atoms with van der Waals surface area (Å²) in [5.74, 6) is 0.650. The Hall–Kier alpha value is -0.120.